The quantitative estimate of drug-likeness (QED) is 0.442. The molecule has 1 amide bonds. The van der Waals surface area contributed by atoms with Crippen LogP contribution in [0.25, 0.3) is 0 Å². The minimum absolute atomic E-state index is 0.193. The van der Waals surface area contributed by atoms with Crippen molar-refractivity contribution in [3.8, 4) is 11.5 Å². The van der Waals surface area contributed by atoms with E-state index in [9.17, 15) is 4.79 Å². The Morgan fingerprint density at radius 1 is 1.14 bits per heavy atom. The van der Waals surface area contributed by atoms with Crippen LogP contribution < -0.4 is 14.9 Å². The number of rotatable bonds is 8. The Labute approximate surface area is 167 Å². The highest BCUT2D eigenvalue weighted by molar-refractivity contribution is 6.30. The molecule has 1 N–H and O–H groups in total. The first kappa shape index (κ1) is 19.5. The second-order valence-corrected chi connectivity index (χ2v) is 6.17. The van der Waals surface area contributed by atoms with Gasteiger partial charge in [-0.05, 0) is 60.5 Å². The summed E-state index contributed by atoms with van der Waals surface area (Å²) >= 11 is 5.90. The zero-order valence-electron chi connectivity index (χ0n) is 15.2. The minimum Gasteiger partial charge on any atom is -0.490 e. The highest BCUT2D eigenvalue weighted by Crippen LogP contribution is 2.29. The molecule has 0 atom stereocenters. The molecule has 7 heteroatoms. The summed E-state index contributed by atoms with van der Waals surface area (Å²) in [5.74, 6) is 0.985. The van der Waals surface area contributed by atoms with E-state index in [0.29, 0.717) is 29.7 Å². The molecular formula is C21H19ClN2O4. The van der Waals surface area contributed by atoms with Crippen LogP contribution in [0.1, 0.15) is 28.6 Å². The molecule has 0 saturated heterocycles. The molecule has 28 heavy (non-hydrogen) atoms. The molecule has 0 spiro atoms. The van der Waals surface area contributed by atoms with E-state index in [1.54, 1.807) is 24.3 Å². The molecule has 0 aliphatic carbocycles. The topological polar surface area (TPSA) is 73.1 Å². The fourth-order valence-electron chi connectivity index (χ4n) is 2.36. The van der Waals surface area contributed by atoms with Crippen molar-refractivity contribution in [1.29, 1.82) is 0 Å². The summed E-state index contributed by atoms with van der Waals surface area (Å²) in [4.78, 5) is 11.8. The minimum atomic E-state index is -0.422. The molecule has 3 rings (SSSR count). The Hall–Kier alpha value is -3.25. The Kier molecular flexibility index (Phi) is 6.70. The number of furan rings is 1. The monoisotopic (exact) mass is 398 g/mol. The number of nitrogens with one attached hydrogen (secondary N) is 1. The van der Waals surface area contributed by atoms with Gasteiger partial charge < -0.3 is 13.9 Å². The van der Waals surface area contributed by atoms with Gasteiger partial charge >= 0.3 is 5.91 Å². The fourth-order valence-corrected chi connectivity index (χ4v) is 2.49. The van der Waals surface area contributed by atoms with E-state index < -0.39 is 5.91 Å². The first-order valence-corrected chi connectivity index (χ1v) is 9.04. The molecule has 1 aromatic heterocycles. The van der Waals surface area contributed by atoms with Gasteiger partial charge in [0.15, 0.2) is 17.3 Å². The van der Waals surface area contributed by atoms with Crippen molar-refractivity contribution in [3.05, 3.63) is 82.8 Å². The average Bonchev–Trinajstić information content (AvgIpc) is 3.24. The molecule has 3 aromatic rings. The number of ether oxygens (including phenoxy) is 2. The van der Waals surface area contributed by atoms with E-state index in [1.165, 1.54) is 12.5 Å². The van der Waals surface area contributed by atoms with Crippen LogP contribution in [0.2, 0.25) is 5.02 Å². The molecular weight excluding hydrogens is 380 g/mol. The zero-order valence-corrected chi connectivity index (χ0v) is 16.0. The predicted octanol–water partition coefficient (Wildman–Crippen LogP) is 4.67. The van der Waals surface area contributed by atoms with Gasteiger partial charge in [0.05, 0.1) is 19.1 Å². The van der Waals surface area contributed by atoms with Gasteiger partial charge in [0, 0.05) is 5.02 Å². The van der Waals surface area contributed by atoms with Gasteiger partial charge in [-0.3, -0.25) is 4.79 Å². The molecule has 6 nitrogen and oxygen atoms in total. The molecule has 0 fully saturated rings. The predicted molar refractivity (Wildman–Crippen MR) is 107 cm³/mol. The molecule has 0 saturated carbocycles. The molecule has 1 heterocycles. The van der Waals surface area contributed by atoms with Crippen molar-refractivity contribution in [2.45, 2.75) is 13.5 Å². The van der Waals surface area contributed by atoms with Crippen molar-refractivity contribution in [1.82, 2.24) is 5.43 Å². The van der Waals surface area contributed by atoms with Gasteiger partial charge in [-0.1, -0.05) is 23.7 Å². The summed E-state index contributed by atoms with van der Waals surface area (Å²) < 4.78 is 16.5. The lowest BCUT2D eigenvalue weighted by Crippen LogP contribution is -2.16. The van der Waals surface area contributed by atoms with Crippen LogP contribution in [-0.4, -0.2) is 18.7 Å². The van der Waals surface area contributed by atoms with Crippen molar-refractivity contribution in [2.24, 2.45) is 5.10 Å². The number of hydrogen-bond acceptors (Lipinski definition) is 5. The second-order valence-electron chi connectivity index (χ2n) is 5.73. The van der Waals surface area contributed by atoms with E-state index >= 15 is 0 Å². The lowest BCUT2D eigenvalue weighted by atomic mass is 10.2. The summed E-state index contributed by atoms with van der Waals surface area (Å²) in [6.45, 7) is 2.78. The van der Waals surface area contributed by atoms with Crippen LogP contribution in [0.4, 0.5) is 0 Å². The van der Waals surface area contributed by atoms with Gasteiger partial charge in [0.25, 0.3) is 0 Å². The number of halogens is 1. The van der Waals surface area contributed by atoms with Crippen LogP contribution in [0, 0.1) is 0 Å². The van der Waals surface area contributed by atoms with E-state index in [1.807, 2.05) is 37.3 Å². The molecule has 0 bridgehead atoms. The second kappa shape index (κ2) is 9.62. The van der Waals surface area contributed by atoms with Crippen LogP contribution in [-0.2, 0) is 6.61 Å². The molecule has 0 aliphatic heterocycles. The number of nitrogens with zero attached hydrogens (tertiary/aromatic N) is 1. The standard InChI is InChI=1S/C21H19ClN2O4/c1-2-26-20-12-16(13-23-24-21(25)19-4-3-11-27-19)7-10-18(20)28-14-15-5-8-17(22)9-6-15/h3-13H,2,14H2,1H3,(H,24,25)/b23-13-. The van der Waals surface area contributed by atoms with Gasteiger partial charge in [-0.15, -0.1) is 0 Å². The Morgan fingerprint density at radius 2 is 1.96 bits per heavy atom. The van der Waals surface area contributed by atoms with Crippen LogP contribution in [0.5, 0.6) is 11.5 Å². The van der Waals surface area contributed by atoms with Crippen molar-refractivity contribution in [3.63, 3.8) is 0 Å². The third-order valence-corrected chi connectivity index (χ3v) is 3.95. The SMILES string of the molecule is CCOc1cc(/C=N\NC(=O)c2ccco2)ccc1OCc1ccc(Cl)cc1. The molecule has 0 aliphatic rings. The van der Waals surface area contributed by atoms with E-state index in [-0.39, 0.29) is 5.76 Å². The third-order valence-electron chi connectivity index (χ3n) is 3.70. The Bertz CT molecular complexity index is 938. The van der Waals surface area contributed by atoms with Crippen LogP contribution >= 0.6 is 11.6 Å². The maximum Gasteiger partial charge on any atom is 0.307 e. The van der Waals surface area contributed by atoms with Crippen molar-refractivity contribution in [2.75, 3.05) is 6.61 Å². The summed E-state index contributed by atoms with van der Waals surface area (Å²) in [6, 6.07) is 16.1. The zero-order chi connectivity index (χ0) is 19.8. The molecule has 2 aromatic carbocycles. The van der Waals surface area contributed by atoms with Gasteiger partial charge in [-0.25, -0.2) is 5.43 Å². The van der Waals surface area contributed by atoms with Crippen molar-refractivity contribution >= 4 is 23.7 Å². The van der Waals surface area contributed by atoms with E-state index in [2.05, 4.69) is 10.5 Å². The third kappa shape index (κ3) is 5.37. The van der Waals surface area contributed by atoms with Crippen LogP contribution in [0.15, 0.2) is 70.4 Å². The van der Waals surface area contributed by atoms with Crippen LogP contribution in [0.3, 0.4) is 0 Å². The lowest BCUT2D eigenvalue weighted by molar-refractivity contribution is 0.0927. The first-order chi connectivity index (χ1) is 13.7. The number of hydrazone groups is 1. The Morgan fingerprint density at radius 3 is 2.68 bits per heavy atom. The van der Waals surface area contributed by atoms with Gasteiger partial charge in [-0.2, -0.15) is 5.10 Å². The average molecular weight is 399 g/mol. The van der Waals surface area contributed by atoms with E-state index in [4.69, 9.17) is 25.5 Å². The molecule has 0 radical (unpaired) electrons. The number of amides is 1. The van der Waals surface area contributed by atoms with Gasteiger partial charge in [0.1, 0.15) is 6.61 Å². The highest BCUT2D eigenvalue weighted by atomic mass is 35.5. The summed E-state index contributed by atoms with van der Waals surface area (Å²) in [5, 5.41) is 4.62. The summed E-state index contributed by atoms with van der Waals surface area (Å²) in [5.41, 5.74) is 4.15. The largest absolute Gasteiger partial charge is 0.490 e. The summed E-state index contributed by atoms with van der Waals surface area (Å²) in [7, 11) is 0. The summed E-state index contributed by atoms with van der Waals surface area (Å²) in [6.07, 6.45) is 2.95. The maximum atomic E-state index is 11.8. The smallest absolute Gasteiger partial charge is 0.307 e. The lowest BCUT2D eigenvalue weighted by Gasteiger charge is -2.12. The number of hydrogen-bond donors (Lipinski definition) is 1. The number of carbonyl (C=O) groups is 1. The molecule has 0 unspecified atom stereocenters. The molecule has 144 valence electrons. The first-order valence-electron chi connectivity index (χ1n) is 8.66. The van der Waals surface area contributed by atoms with E-state index in [0.717, 1.165) is 11.1 Å². The van der Waals surface area contributed by atoms with Crippen molar-refractivity contribution < 1.29 is 18.7 Å². The fraction of sp³-hybridized carbons (Fsp3) is 0.143. The number of carbonyl (C=O) groups excluding carboxylic acids is 1. The van der Waals surface area contributed by atoms with Gasteiger partial charge in [0.2, 0.25) is 0 Å². The normalized spacial score (nSPS) is 10.8. The maximum absolute atomic E-state index is 11.8. The number of benzene rings is 2. The highest BCUT2D eigenvalue weighted by Gasteiger charge is 2.08. The Balaban J connectivity index is 1.65.